The highest BCUT2D eigenvalue weighted by Gasteiger charge is 2.15. The maximum absolute atomic E-state index is 5.35. The molecule has 0 saturated carbocycles. The summed E-state index contributed by atoms with van der Waals surface area (Å²) in [6.07, 6.45) is 3.76. The Balaban J connectivity index is 2.25. The standard InChI is InChI=1S/C11H17N3O/c1-13(2)10-3-4-12-9-11(10)14-5-7-15-8-6-14/h3-4,9H,5-8H2,1-2H3. The third-order valence-electron chi connectivity index (χ3n) is 2.61. The zero-order chi connectivity index (χ0) is 10.7. The van der Waals surface area contributed by atoms with Crippen molar-refractivity contribution in [3.63, 3.8) is 0 Å². The molecule has 0 radical (unpaired) electrons. The van der Waals surface area contributed by atoms with Gasteiger partial charge in [0.2, 0.25) is 0 Å². The zero-order valence-corrected chi connectivity index (χ0v) is 9.31. The van der Waals surface area contributed by atoms with Crippen molar-refractivity contribution in [3.05, 3.63) is 18.5 Å². The number of rotatable bonds is 2. The summed E-state index contributed by atoms with van der Waals surface area (Å²) in [5, 5.41) is 0. The number of aromatic nitrogens is 1. The maximum atomic E-state index is 5.35. The van der Waals surface area contributed by atoms with E-state index < -0.39 is 0 Å². The number of hydrogen-bond donors (Lipinski definition) is 0. The quantitative estimate of drug-likeness (QED) is 0.723. The SMILES string of the molecule is CN(C)c1ccncc1N1CCOCC1. The molecule has 1 aromatic rings. The van der Waals surface area contributed by atoms with Crippen molar-refractivity contribution in [2.24, 2.45) is 0 Å². The van der Waals surface area contributed by atoms with Gasteiger partial charge in [-0.15, -0.1) is 0 Å². The first kappa shape index (κ1) is 10.2. The average molecular weight is 207 g/mol. The van der Waals surface area contributed by atoms with Crippen molar-refractivity contribution in [2.75, 3.05) is 50.2 Å². The van der Waals surface area contributed by atoms with E-state index in [9.17, 15) is 0 Å². The Morgan fingerprint density at radius 1 is 1.33 bits per heavy atom. The molecule has 0 aliphatic carbocycles. The third kappa shape index (κ3) is 2.21. The monoisotopic (exact) mass is 207 g/mol. The lowest BCUT2D eigenvalue weighted by Crippen LogP contribution is -2.37. The summed E-state index contributed by atoms with van der Waals surface area (Å²) in [6, 6.07) is 2.05. The second kappa shape index (κ2) is 4.49. The Morgan fingerprint density at radius 3 is 2.73 bits per heavy atom. The Morgan fingerprint density at radius 2 is 2.07 bits per heavy atom. The summed E-state index contributed by atoms with van der Waals surface area (Å²) in [5.41, 5.74) is 2.41. The predicted molar refractivity (Wildman–Crippen MR) is 61.6 cm³/mol. The number of anilines is 2. The Kier molecular flexibility index (Phi) is 3.06. The molecule has 1 fully saturated rings. The van der Waals surface area contributed by atoms with Crippen LogP contribution in [0.5, 0.6) is 0 Å². The largest absolute Gasteiger partial charge is 0.378 e. The summed E-state index contributed by atoms with van der Waals surface area (Å²) in [4.78, 5) is 8.64. The fraction of sp³-hybridized carbons (Fsp3) is 0.545. The van der Waals surface area contributed by atoms with E-state index in [0.717, 1.165) is 26.3 Å². The minimum absolute atomic E-state index is 0.807. The molecule has 0 unspecified atom stereocenters. The van der Waals surface area contributed by atoms with Gasteiger partial charge in [-0.2, -0.15) is 0 Å². The normalized spacial score (nSPS) is 16.5. The Hall–Kier alpha value is -1.29. The van der Waals surface area contributed by atoms with E-state index in [2.05, 4.69) is 28.9 Å². The minimum Gasteiger partial charge on any atom is -0.378 e. The van der Waals surface area contributed by atoms with E-state index in [0.29, 0.717) is 0 Å². The van der Waals surface area contributed by atoms with Crippen LogP contribution in [0.3, 0.4) is 0 Å². The molecule has 82 valence electrons. The Bertz CT molecular complexity index is 321. The van der Waals surface area contributed by atoms with Crippen LogP contribution >= 0.6 is 0 Å². The lowest BCUT2D eigenvalue weighted by Gasteiger charge is -2.31. The van der Waals surface area contributed by atoms with Crippen molar-refractivity contribution in [1.82, 2.24) is 4.98 Å². The lowest BCUT2D eigenvalue weighted by molar-refractivity contribution is 0.122. The summed E-state index contributed by atoms with van der Waals surface area (Å²) in [5.74, 6) is 0. The number of nitrogens with zero attached hydrogens (tertiary/aromatic N) is 3. The van der Waals surface area contributed by atoms with Gasteiger partial charge < -0.3 is 14.5 Å². The number of morpholine rings is 1. The zero-order valence-electron chi connectivity index (χ0n) is 9.31. The second-order valence-corrected chi connectivity index (χ2v) is 3.86. The van der Waals surface area contributed by atoms with E-state index in [1.54, 1.807) is 0 Å². The van der Waals surface area contributed by atoms with Crippen LogP contribution < -0.4 is 9.80 Å². The number of hydrogen-bond acceptors (Lipinski definition) is 4. The molecular weight excluding hydrogens is 190 g/mol. The van der Waals surface area contributed by atoms with E-state index in [1.165, 1.54) is 11.4 Å². The van der Waals surface area contributed by atoms with Crippen LogP contribution in [-0.2, 0) is 4.74 Å². The highest BCUT2D eigenvalue weighted by molar-refractivity contribution is 5.69. The molecular formula is C11H17N3O. The van der Waals surface area contributed by atoms with Crippen molar-refractivity contribution in [2.45, 2.75) is 0 Å². The molecule has 2 heterocycles. The molecule has 1 saturated heterocycles. The first-order valence-electron chi connectivity index (χ1n) is 5.23. The first-order valence-corrected chi connectivity index (χ1v) is 5.23. The van der Waals surface area contributed by atoms with Crippen molar-refractivity contribution >= 4 is 11.4 Å². The highest BCUT2D eigenvalue weighted by atomic mass is 16.5. The van der Waals surface area contributed by atoms with Crippen molar-refractivity contribution < 1.29 is 4.74 Å². The van der Waals surface area contributed by atoms with Gasteiger partial charge in [-0.25, -0.2) is 0 Å². The smallest absolute Gasteiger partial charge is 0.0791 e. The minimum atomic E-state index is 0.807. The third-order valence-corrected chi connectivity index (χ3v) is 2.61. The molecule has 1 aliphatic heterocycles. The van der Waals surface area contributed by atoms with Crippen molar-refractivity contribution in [3.8, 4) is 0 Å². The summed E-state index contributed by atoms with van der Waals surface area (Å²) in [7, 11) is 4.11. The fourth-order valence-electron chi connectivity index (χ4n) is 1.80. The topological polar surface area (TPSA) is 28.6 Å². The molecule has 2 rings (SSSR count). The van der Waals surface area contributed by atoms with Gasteiger partial charge in [-0.3, -0.25) is 4.98 Å². The van der Waals surface area contributed by atoms with Crippen LogP contribution in [0.1, 0.15) is 0 Å². The van der Waals surface area contributed by atoms with Crippen LogP contribution in [0.25, 0.3) is 0 Å². The molecule has 0 aromatic carbocycles. The van der Waals surface area contributed by atoms with Gasteiger partial charge in [-0.1, -0.05) is 0 Å². The van der Waals surface area contributed by atoms with Gasteiger partial charge >= 0.3 is 0 Å². The molecule has 0 spiro atoms. The molecule has 0 N–H and O–H groups in total. The molecule has 1 aromatic heterocycles. The highest BCUT2D eigenvalue weighted by Crippen LogP contribution is 2.26. The summed E-state index contributed by atoms with van der Waals surface area (Å²) < 4.78 is 5.35. The fourth-order valence-corrected chi connectivity index (χ4v) is 1.80. The lowest BCUT2D eigenvalue weighted by atomic mass is 10.2. The van der Waals surface area contributed by atoms with E-state index in [1.807, 2.05) is 18.5 Å². The first-order chi connectivity index (χ1) is 7.29. The van der Waals surface area contributed by atoms with E-state index >= 15 is 0 Å². The summed E-state index contributed by atoms with van der Waals surface area (Å²) in [6.45, 7) is 3.52. The van der Waals surface area contributed by atoms with Gasteiger partial charge in [0.15, 0.2) is 0 Å². The van der Waals surface area contributed by atoms with Crippen LogP contribution in [0.15, 0.2) is 18.5 Å². The van der Waals surface area contributed by atoms with Crippen molar-refractivity contribution in [1.29, 1.82) is 0 Å². The van der Waals surface area contributed by atoms with E-state index in [-0.39, 0.29) is 0 Å². The Labute approximate surface area is 90.5 Å². The molecule has 4 nitrogen and oxygen atoms in total. The number of ether oxygens (including phenoxy) is 1. The predicted octanol–water partition coefficient (Wildman–Crippen LogP) is 0.984. The summed E-state index contributed by atoms with van der Waals surface area (Å²) >= 11 is 0. The van der Waals surface area contributed by atoms with Gasteiger partial charge in [0.1, 0.15) is 0 Å². The molecule has 0 atom stereocenters. The second-order valence-electron chi connectivity index (χ2n) is 3.86. The molecule has 4 heteroatoms. The van der Waals surface area contributed by atoms with Crippen LogP contribution in [-0.4, -0.2) is 45.4 Å². The van der Waals surface area contributed by atoms with Gasteiger partial charge in [0.25, 0.3) is 0 Å². The average Bonchev–Trinajstić information content (AvgIpc) is 2.30. The number of pyridine rings is 1. The molecule has 0 bridgehead atoms. The van der Waals surface area contributed by atoms with Gasteiger partial charge in [0, 0.05) is 33.4 Å². The van der Waals surface area contributed by atoms with Gasteiger partial charge in [-0.05, 0) is 6.07 Å². The molecule has 15 heavy (non-hydrogen) atoms. The van der Waals surface area contributed by atoms with Crippen LogP contribution in [0, 0.1) is 0 Å². The van der Waals surface area contributed by atoms with Crippen LogP contribution in [0.2, 0.25) is 0 Å². The van der Waals surface area contributed by atoms with Crippen LogP contribution in [0.4, 0.5) is 11.4 Å². The van der Waals surface area contributed by atoms with E-state index in [4.69, 9.17) is 4.74 Å². The molecule has 0 amide bonds. The maximum Gasteiger partial charge on any atom is 0.0791 e. The molecule has 1 aliphatic rings. The van der Waals surface area contributed by atoms with Gasteiger partial charge in [0.05, 0.1) is 30.8 Å².